The number of pyridine rings is 1. The zero-order chi connectivity index (χ0) is 21.1. The number of nitrogens with one attached hydrogen (secondary N) is 3. The highest BCUT2D eigenvalue weighted by Gasteiger charge is 2.21. The Morgan fingerprint density at radius 2 is 2.03 bits per heavy atom. The van der Waals surface area contributed by atoms with Crippen LogP contribution >= 0.6 is 0 Å². The smallest absolute Gasteiger partial charge is 0.141 e. The molecule has 0 aliphatic heterocycles. The minimum Gasteiger partial charge on any atom is -0.383 e. The van der Waals surface area contributed by atoms with E-state index in [1.165, 1.54) is 17.5 Å². The molecule has 4 rings (SSSR count). The molecule has 30 heavy (non-hydrogen) atoms. The lowest BCUT2D eigenvalue weighted by Gasteiger charge is -2.23. The maximum Gasteiger partial charge on any atom is 0.141 e. The first-order chi connectivity index (χ1) is 14.6. The lowest BCUT2D eigenvalue weighted by Crippen LogP contribution is -2.18. The quantitative estimate of drug-likeness (QED) is 0.339. The Morgan fingerprint density at radius 1 is 1.20 bits per heavy atom. The van der Waals surface area contributed by atoms with Crippen LogP contribution in [0.15, 0.2) is 55.1 Å². The van der Waals surface area contributed by atoms with Gasteiger partial charge in [0, 0.05) is 23.3 Å². The van der Waals surface area contributed by atoms with E-state index in [-0.39, 0.29) is 17.6 Å². The number of nitrogen functional groups attached to an aromatic ring is 1. The van der Waals surface area contributed by atoms with Crippen molar-refractivity contribution in [2.45, 2.75) is 32.7 Å². The first kappa shape index (κ1) is 19.6. The molecule has 0 radical (unpaired) electrons. The van der Waals surface area contributed by atoms with Gasteiger partial charge in [0.25, 0.3) is 0 Å². The van der Waals surface area contributed by atoms with Gasteiger partial charge < -0.3 is 16.0 Å². The Kier molecular flexibility index (Phi) is 5.43. The van der Waals surface area contributed by atoms with E-state index in [4.69, 9.17) is 11.1 Å². The molecule has 0 aliphatic rings. The molecule has 3 heterocycles. The van der Waals surface area contributed by atoms with Gasteiger partial charge in [-0.25, -0.2) is 15.0 Å². The Morgan fingerprint density at radius 3 is 2.83 bits per heavy atom. The molecule has 1 atom stereocenters. The van der Waals surface area contributed by atoms with E-state index in [9.17, 15) is 0 Å². The van der Waals surface area contributed by atoms with Crippen LogP contribution in [0, 0.1) is 12.3 Å². The van der Waals surface area contributed by atoms with Crippen molar-refractivity contribution in [1.82, 2.24) is 19.9 Å². The van der Waals surface area contributed by atoms with Crippen LogP contribution in [0.4, 0.5) is 11.6 Å². The molecule has 1 unspecified atom stereocenters. The first-order valence-corrected chi connectivity index (χ1v) is 10.0. The highest BCUT2D eigenvalue weighted by Crippen LogP contribution is 2.29. The SMILES string of the molecule is CCCC(Nc1ncnc(N)c1C(=N)c1cnc2[nH]ccc2c1)c1ccccc1C. The van der Waals surface area contributed by atoms with E-state index in [1.54, 1.807) is 6.20 Å². The van der Waals surface area contributed by atoms with Crippen LogP contribution in [0.25, 0.3) is 11.0 Å². The summed E-state index contributed by atoms with van der Waals surface area (Å²) in [6.07, 6.45) is 6.87. The van der Waals surface area contributed by atoms with E-state index >= 15 is 0 Å². The molecule has 0 spiro atoms. The zero-order valence-electron chi connectivity index (χ0n) is 17.1. The van der Waals surface area contributed by atoms with Crippen molar-refractivity contribution in [1.29, 1.82) is 5.41 Å². The Hall–Kier alpha value is -3.74. The molecule has 0 saturated carbocycles. The molecule has 0 fully saturated rings. The molecule has 0 aliphatic carbocycles. The van der Waals surface area contributed by atoms with Crippen LogP contribution < -0.4 is 11.1 Å². The van der Waals surface area contributed by atoms with E-state index in [0.29, 0.717) is 16.9 Å². The third-order valence-electron chi connectivity index (χ3n) is 5.27. The molecular weight excluding hydrogens is 374 g/mol. The van der Waals surface area contributed by atoms with E-state index in [1.807, 2.05) is 30.5 Å². The number of nitrogens with zero attached hydrogens (tertiary/aromatic N) is 3. The van der Waals surface area contributed by atoms with Crippen molar-refractivity contribution in [3.8, 4) is 0 Å². The molecule has 0 amide bonds. The average molecular weight is 400 g/mol. The van der Waals surface area contributed by atoms with E-state index < -0.39 is 0 Å². The van der Waals surface area contributed by atoms with Gasteiger partial charge in [0.05, 0.1) is 17.3 Å². The molecule has 7 nitrogen and oxygen atoms in total. The van der Waals surface area contributed by atoms with Gasteiger partial charge in [-0.15, -0.1) is 0 Å². The fourth-order valence-corrected chi connectivity index (χ4v) is 3.71. The number of rotatable bonds is 7. The molecule has 0 saturated heterocycles. The molecule has 0 bridgehead atoms. The normalized spacial score (nSPS) is 12.1. The van der Waals surface area contributed by atoms with Gasteiger partial charge in [0.2, 0.25) is 0 Å². The number of aromatic nitrogens is 4. The van der Waals surface area contributed by atoms with Crippen molar-refractivity contribution >= 4 is 28.4 Å². The molecule has 7 heteroatoms. The summed E-state index contributed by atoms with van der Waals surface area (Å²) in [4.78, 5) is 16.1. The summed E-state index contributed by atoms with van der Waals surface area (Å²) in [6, 6.07) is 12.2. The second-order valence-electron chi connectivity index (χ2n) is 7.34. The fourth-order valence-electron chi connectivity index (χ4n) is 3.71. The largest absolute Gasteiger partial charge is 0.383 e. The zero-order valence-corrected chi connectivity index (χ0v) is 17.1. The Balaban J connectivity index is 1.73. The van der Waals surface area contributed by atoms with Crippen LogP contribution in [0.3, 0.4) is 0 Å². The third kappa shape index (κ3) is 3.74. The molecule has 5 N–H and O–H groups in total. The number of hydrogen-bond donors (Lipinski definition) is 4. The molecule has 1 aromatic carbocycles. The molecule has 3 aromatic heterocycles. The predicted octanol–water partition coefficient (Wildman–Crippen LogP) is 4.61. The number of anilines is 2. The van der Waals surface area contributed by atoms with Gasteiger partial charge in [-0.1, -0.05) is 37.6 Å². The van der Waals surface area contributed by atoms with Gasteiger partial charge in [-0.05, 0) is 36.6 Å². The van der Waals surface area contributed by atoms with Gasteiger partial charge in [0.15, 0.2) is 0 Å². The minimum absolute atomic E-state index is 0.0577. The Labute approximate surface area is 175 Å². The maximum absolute atomic E-state index is 8.82. The summed E-state index contributed by atoms with van der Waals surface area (Å²) in [6.45, 7) is 4.26. The van der Waals surface area contributed by atoms with Crippen molar-refractivity contribution < 1.29 is 0 Å². The van der Waals surface area contributed by atoms with Gasteiger partial charge in [0.1, 0.15) is 23.6 Å². The van der Waals surface area contributed by atoms with Crippen molar-refractivity contribution in [3.05, 3.63) is 77.4 Å². The summed E-state index contributed by atoms with van der Waals surface area (Å²) in [7, 11) is 0. The standard InChI is InChI=1S/C23H25N7/c1-3-6-18(17-8-5-4-7-14(17)2)30-23-19(21(25)28-13-29-23)20(24)16-11-15-9-10-26-22(15)27-12-16/h4-5,7-13,18,24H,3,6H2,1-2H3,(H,26,27)(H3,25,28,29,30). The number of nitrogens with two attached hydrogens (primary N) is 1. The lowest BCUT2D eigenvalue weighted by molar-refractivity contribution is 0.671. The maximum atomic E-state index is 8.82. The average Bonchev–Trinajstić information content (AvgIpc) is 3.21. The van der Waals surface area contributed by atoms with Gasteiger partial charge >= 0.3 is 0 Å². The van der Waals surface area contributed by atoms with Crippen LogP contribution in [-0.2, 0) is 0 Å². The van der Waals surface area contributed by atoms with Crippen molar-refractivity contribution in [2.24, 2.45) is 0 Å². The molecular formula is C23H25N7. The Bertz CT molecular complexity index is 1200. The topological polar surface area (TPSA) is 116 Å². The van der Waals surface area contributed by atoms with Crippen molar-refractivity contribution in [2.75, 3.05) is 11.1 Å². The third-order valence-corrected chi connectivity index (χ3v) is 5.27. The van der Waals surface area contributed by atoms with E-state index in [2.05, 4.69) is 51.2 Å². The minimum atomic E-state index is 0.0577. The number of aryl methyl sites for hydroxylation is 1. The second kappa shape index (κ2) is 8.32. The lowest BCUT2D eigenvalue weighted by atomic mass is 9.97. The number of H-pyrrole nitrogens is 1. The fraction of sp³-hybridized carbons (Fsp3) is 0.217. The van der Waals surface area contributed by atoms with E-state index in [0.717, 1.165) is 23.9 Å². The highest BCUT2D eigenvalue weighted by atomic mass is 15.1. The van der Waals surface area contributed by atoms with Crippen LogP contribution in [0.5, 0.6) is 0 Å². The summed E-state index contributed by atoms with van der Waals surface area (Å²) in [5, 5.41) is 13.3. The molecule has 4 aromatic rings. The summed E-state index contributed by atoms with van der Waals surface area (Å²) < 4.78 is 0. The summed E-state index contributed by atoms with van der Waals surface area (Å²) >= 11 is 0. The summed E-state index contributed by atoms with van der Waals surface area (Å²) in [5.41, 5.74) is 10.8. The van der Waals surface area contributed by atoms with Crippen LogP contribution in [0.1, 0.15) is 48.1 Å². The monoisotopic (exact) mass is 399 g/mol. The number of benzene rings is 1. The first-order valence-electron chi connectivity index (χ1n) is 10.0. The number of hydrogen-bond acceptors (Lipinski definition) is 6. The second-order valence-corrected chi connectivity index (χ2v) is 7.34. The predicted molar refractivity (Wildman–Crippen MR) is 121 cm³/mol. The highest BCUT2D eigenvalue weighted by molar-refractivity contribution is 6.16. The van der Waals surface area contributed by atoms with Crippen LogP contribution in [0.2, 0.25) is 0 Å². The van der Waals surface area contributed by atoms with Crippen molar-refractivity contribution in [3.63, 3.8) is 0 Å². The van der Waals surface area contributed by atoms with Crippen LogP contribution in [-0.4, -0.2) is 25.6 Å². The molecule has 152 valence electrons. The number of fused-ring (bicyclic) bond motifs is 1. The van der Waals surface area contributed by atoms with Gasteiger partial charge in [-0.2, -0.15) is 0 Å². The van der Waals surface area contributed by atoms with Gasteiger partial charge in [-0.3, -0.25) is 5.41 Å². The summed E-state index contributed by atoms with van der Waals surface area (Å²) in [5.74, 6) is 0.829. The number of aromatic amines is 1.